The number of carbonyl (C=O) groups is 2. The number of carboxylic acid groups (broad SMARTS) is 1. The highest BCUT2D eigenvalue weighted by Crippen LogP contribution is 2.41. The third kappa shape index (κ3) is 3.57. The van der Waals surface area contributed by atoms with E-state index in [0.717, 1.165) is 12.0 Å². The predicted molar refractivity (Wildman–Crippen MR) is 91.9 cm³/mol. The molecule has 1 aromatic rings. The fraction of sp³-hybridized carbons (Fsp3) is 0.579. The van der Waals surface area contributed by atoms with E-state index in [-0.39, 0.29) is 24.2 Å². The van der Waals surface area contributed by atoms with Gasteiger partial charge < -0.3 is 19.5 Å². The fourth-order valence-electron chi connectivity index (χ4n) is 3.75. The molecule has 1 aromatic carbocycles. The number of aliphatic carboxylic acids is 1. The van der Waals surface area contributed by atoms with Crippen LogP contribution < -0.4 is 9.47 Å². The molecule has 2 aliphatic heterocycles. The summed E-state index contributed by atoms with van der Waals surface area (Å²) >= 11 is 0. The van der Waals surface area contributed by atoms with E-state index in [1.165, 1.54) is 0 Å². The summed E-state index contributed by atoms with van der Waals surface area (Å²) in [7, 11) is 0. The average Bonchev–Trinajstić information content (AvgIpc) is 2.86. The maximum atomic E-state index is 12.5. The van der Waals surface area contributed by atoms with Crippen molar-refractivity contribution in [1.82, 2.24) is 4.90 Å². The van der Waals surface area contributed by atoms with Crippen molar-refractivity contribution in [1.29, 1.82) is 0 Å². The zero-order valence-corrected chi connectivity index (χ0v) is 14.9. The van der Waals surface area contributed by atoms with Gasteiger partial charge in [0.15, 0.2) is 18.1 Å². The zero-order valence-electron chi connectivity index (χ0n) is 14.9. The second-order valence-corrected chi connectivity index (χ2v) is 7.49. The Labute approximate surface area is 147 Å². The Balaban J connectivity index is 1.66. The zero-order chi connectivity index (χ0) is 18.2. The number of nitrogens with zero attached hydrogens (tertiary/aromatic N) is 1. The van der Waals surface area contributed by atoms with Crippen LogP contribution in [0.4, 0.5) is 0 Å². The van der Waals surface area contributed by atoms with Crippen molar-refractivity contribution in [2.45, 2.75) is 51.7 Å². The fourth-order valence-corrected chi connectivity index (χ4v) is 3.75. The van der Waals surface area contributed by atoms with E-state index >= 15 is 0 Å². The summed E-state index contributed by atoms with van der Waals surface area (Å²) < 4.78 is 11.7. The molecule has 6 heteroatoms. The SMILES string of the molecule is C[C@@H]1[C@H](C(=O)O)CCCN1C(=O)COc1cccc2c1OC(C)(C)C2. The largest absolute Gasteiger partial charge is 0.483 e. The smallest absolute Gasteiger partial charge is 0.308 e. The summed E-state index contributed by atoms with van der Waals surface area (Å²) in [6.45, 7) is 6.29. The second kappa shape index (κ2) is 6.58. The Hall–Kier alpha value is -2.24. The minimum Gasteiger partial charge on any atom is -0.483 e. The summed E-state index contributed by atoms with van der Waals surface area (Å²) in [5.74, 6) is -0.273. The van der Waals surface area contributed by atoms with Crippen LogP contribution in [-0.2, 0) is 16.0 Å². The lowest BCUT2D eigenvalue weighted by Gasteiger charge is -2.37. The van der Waals surface area contributed by atoms with Gasteiger partial charge in [0.05, 0.1) is 5.92 Å². The first-order valence-electron chi connectivity index (χ1n) is 8.74. The van der Waals surface area contributed by atoms with Gasteiger partial charge in [0, 0.05) is 24.6 Å². The number of ether oxygens (including phenoxy) is 2. The van der Waals surface area contributed by atoms with Gasteiger partial charge in [-0.05, 0) is 39.7 Å². The molecule has 136 valence electrons. The van der Waals surface area contributed by atoms with Crippen molar-refractivity contribution < 1.29 is 24.2 Å². The molecule has 0 radical (unpaired) electrons. The summed E-state index contributed by atoms with van der Waals surface area (Å²) in [5, 5.41) is 9.29. The summed E-state index contributed by atoms with van der Waals surface area (Å²) in [5.41, 5.74) is 0.800. The Kier molecular flexibility index (Phi) is 4.62. The number of amides is 1. The molecule has 1 fully saturated rings. The lowest BCUT2D eigenvalue weighted by atomic mass is 9.90. The Bertz CT molecular complexity index is 684. The first kappa shape index (κ1) is 17.6. The number of hydrogen-bond donors (Lipinski definition) is 1. The van der Waals surface area contributed by atoms with Crippen molar-refractivity contribution in [3.05, 3.63) is 23.8 Å². The topological polar surface area (TPSA) is 76.1 Å². The van der Waals surface area contributed by atoms with Crippen LogP contribution in [0.1, 0.15) is 39.2 Å². The molecule has 2 atom stereocenters. The van der Waals surface area contributed by atoms with Crippen LogP contribution >= 0.6 is 0 Å². The minimum atomic E-state index is -0.845. The lowest BCUT2D eigenvalue weighted by Crippen LogP contribution is -2.50. The highest BCUT2D eigenvalue weighted by Gasteiger charge is 2.36. The monoisotopic (exact) mass is 347 g/mol. The molecule has 3 rings (SSSR count). The second-order valence-electron chi connectivity index (χ2n) is 7.49. The maximum absolute atomic E-state index is 12.5. The molecular formula is C19H25NO5. The molecule has 25 heavy (non-hydrogen) atoms. The van der Waals surface area contributed by atoms with Gasteiger partial charge in [-0.2, -0.15) is 0 Å². The van der Waals surface area contributed by atoms with Gasteiger partial charge in [0.1, 0.15) is 5.60 Å². The van der Waals surface area contributed by atoms with Gasteiger partial charge in [-0.15, -0.1) is 0 Å². The summed E-state index contributed by atoms with van der Waals surface area (Å²) in [4.78, 5) is 25.5. The summed E-state index contributed by atoms with van der Waals surface area (Å²) in [6.07, 6.45) is 2.11. The van der Waals surface area contributed by atoms with Crippen LogP contribution in [0.15, 0.2) is 18.2 Å². The van der Waals surface area contributed by atoms with Crippen molar-refractivity contribution in [3.8, 4) is 11.5 Å². The van der Waals surface area contributed by atoms with E-state index in [0.29, 0.717) is 30.9 Å². The van der Waals surface area contributed by atoms with Gasteiger partial charge in [-0.3, -0.25) is 9.59 Å². The van der Waals surface area contributed by atoms with Crippen LogP contribution in [0.25, 0.3) is 0 Å². The first-order chi connectivity index (χ1) is 11.8. The van der Waals surface area contributed by atoms with Crippen molar-refractivity contribution in [3.63, 3.8) is 0 Å². The van der Waals surface area contributed by atoms with Crippen LogP contribution in [0.3, 0.4) is 0 Å². The Morgan fingerprint density at radius 3 is 2.88 bits per heavy atom. The molecule has 6 nitrogen and oxygen atoms in total. The number of fused-ring (bicyclic) bond motifs is 1. The van der Waals surface area contributed by atoms with E-state index < -0.39 is 11.9 Å². The van der Waals surface area contributed by atoms with E-state index in [4.69, 9.17) is 9.47 Å². The molecule has 1 amide bonds. The number of piperidine rings is 1. The highest BCUT2D eigenvalue weighted by atomic mass is 16.5. The van der Waals surface area contributed by atoms with Gasteiger partial charge in [0.25, 0.3) is 5.91 Å². The van der Waals surface area contributed by atoms with Crippen LogP contribution in [0.2, 0.25) is 0 Å². The van der Waals surface area contributed by atoms with Crippen LogP contribution in [0, 0.1) is 5.92 Å². The Morgan fingerprint density at radius 2 is 2.16 bits per heavy atom. The molecule has 0 saturated carbocycles. The van der Waals surface area contributed by atoms with E-state index in [2.05, 4.69) is 0 Å². The van der Waals surface area contributed by atoms with E-state index in [1.54, 1.807) is 17.9 Å². The number of hydrogen-bond acceptors (Lipinski definition) is 4. The predicted octanol–water partition coefficient (Wildman–Crippen LogP) is 2.49. The molecule has 0 aromatic heterocycles. The molecular weight excluding hydrogens is 322 g/mol. The minimum absolute atomic E-state index is 0.114. The third-order valence-electron chi connectivity index (χ3n) is 5.03. The number of likely N-dealkylation sites (tertiary alicyclic amines) is 1. The number of carboxylic acids is 1. The average molecular weight is 347 g/mol. The molecule has 0 unspecified atom stereocenters. The van der Waals surface area contributed by atoms with E-state index in [9.17, 15) is 14.7 Å². The van der Waals surface area contributed by atoms with E-state index in [1.807, 2.05) is 26.0 Å². The number of benzene rings is 1. The number of rotatable bonds is 4. The molecule has 1 saturated heterocycles. The third-order valence-corrected chi connectivity index (χ3v) is 5.03. The molecule has 0 bridgehead atoms. The molecule has 0 aliphatic carbocycles. The molecule has 2 heterocycles. The van der Waals surface area contributed by atoms with Crippen molar-refractivity contribution in [2.75, 3.05) is 13.2 Å². The van der Waals surface area contributed by atoms with Crippen LogP contribution in [0.5, 0.6) is 11.5 Å². The van der Waals surface area contributed by atoms with Gasteiger partial charge in [0.2, 0.25) is 0 Å². The highest BCUT2D eigenvalue weighted by molar-refractivity contribution is 5.80. The lowest BCUT2D eigenvalue weighted by molar-refractivity contribution is -0.149. The van der Waals surface area contributed by atoms with Crippen LogP contribution in [-0.4, -0.2) is 46.7 Å². The maximum Gasteiger partial charge on any atom is 0.308 e. The van der Waals surface area contributed by atoms with Gasteiger partial charge in [-0.1, -0.05) is 12.1 Å². The van der Waals surface area contributed by atoms with Crippen molar-refractivity contribution >= 4 is 11.9 Å². The molecule has 0 spiro atoms. The normalized spacial score (nSPS) is 24.4. The summed E-state index contributed by atoms with van der Waals surface area (Å²) in [6, 6.07) is 5.38. The quantitative estimate of drug-likeness (QED) is 0.906. The first-order valence-corrected chi connectivity index (χ1v) is 8.74. The number of carbonyl (C=O) groups excluding carboxylic acids is 1. The standard InChI is InChI=1S/C19H25NO5/c1-12-14(18(22)23)7-5-9-20(12)16(21)11-24-15-8-4-6-13-10-19(2,3)25-17(13)15/h4,6,8,12,14H,5,7,9-11H2,1-3H3,(H,22,23)/t12-,14-/m1/s1. The molecule has 1 N–H and O–H groups in total. The van der Waals surface area contributed by atoms with Crippen molar-refractivity contribution in [2.24, 2.45) is 5.92 Å². The Morgan fingerprint density at radius 1 is 1.40 bits per heavy atom. The molecule has 2 aliphatic rings. The van der Waals surface area contributed by atoms with Gasteiger partial charge >= 0.3 is 5.97 Å². The van der Waals surface area contributed by atoms with Gasteiger partial charge in [-0.25, -0.2) is 0 Å². The number of para-hydroxylation sites is 1.